The molecule has 13 heavy (non-hydrogen) atoms. The Kier molecular flexibility index (Phi) is 2.91. The minimum absolute atomic E-state index is 0.0268. The van der Waals surface area contributed by atoms with Crippen molar-refractivity contribution in [3.63, 3.8) is 0 Å². The molecule has 0 aliphatic rings. The summed E-state index contributed by atoms with van der Waals surface area (Å²) in [5.41, 5.74) is 4.60. The van der Waals surface area contributed by atoms with Gasteiger partial charge in [-0.1, -0.05) is 15.9 Å². The highest BCUT2D eigenvalue weighted by atomic mass is 79.9. The molecule has 1 aromatic carbocycles. The van der Waals surface area contributed by atoms with Gasteiger partial charge >= 0.3 is 6.18 Å². The molecule has 0 heterocycles. The third-order valence-corrected chi connectivity index (χ3v) is 2.92. The summed E-state index contributed by atoms with van der Waals surface area (Å²) in [6.45, 7) is 0. The molecule has 0 radical (unpaired) electrons. The quantitative estimate of drug-likeness (QED) is 0.723. The second-order valence-electron chi connectivity index (χ2n) is 2.32. The van der Waals surface area contributed by atoms with E-state index in [1.54, 1.807) is 0 Å². The van der Waals surface area contributed by atoms with E-state index in [9.17, 15) is 13.2 Å². The third kappa shape index (κ3) is 2.17. The van der Waals surface area contributed by atoms with Crippen molar-refractivity contribution in [1.29, 1.82) is 0 Å². The zero-order chi connectivity index (χ0) is 10.2. The first kappa shape index (κ1) is 10.8. The highest BCUT2D eigenvalue weighted by Gasteiger charge is 2.35. The molecule has 0 spiro atoms. The Balaban J connectivity index is 3.43. The van der Waals surface area contributed by atoms with Crippen LogP contribution in [0.3, 0.4) is 0 Å². The maximum absolute atomic E-state index is 12.4. The molecule has 0 atom stereocenters. The van der Waals surface area contributed by atoms with E-state index in [-0.39, 0.29) is 14.6 Å². The van der Waals surface area contributed by atoms with Gasteiger partial charge in [-0.2, -0.15) is 13.2 Å². The highest BCUT2D eigenvalue weighted by molar-refractivity contribution is 9.11. The molecule has 2 N–H and O–H groups in total. The molecular formula is C7H4Br2F3N. The van der Waals surface area contributed by atoms with Crippen LogP contribution in [0, 0.1) is 0 Å². The van der Waals surface area contributed by atoms with Crippen LogP contribution in [0.5, 0.6) is 0 Å². The van der Waals surface area contributed by atoms with Gasteiger partial charge in [-0.25, -0.2) is 0 Å². The molecule has 6 heteroatoms. The summed E-state index contributed by atoms with van der Waals surface area (Å²) in [6, 6.07) is 2.66. The summed E-state index contributed by atoms with van der Waals surface area (Å²) in [4.78, 5) is 0. The first-order valence-corrected chi connectivity index (χ1v) is 4.73. The minimum atomic E-state index is -4.41. The monoisotopic (exact) mass is 317 g/mol. The Morgan fingerprint density at radius 3 is 2.08 bits per heavy atom. The second-order valence-corrected chi connectivity index (χ2v) is 3.97. The van der Waals surface area contributed by atoms with Crippen LogP contribution in [0.2, 0.25) is 0 Å². The fourth-order valence-electron chi connectivity index (χ4n) is 0.828. The van der Waals surface area contributed by atoms with E-state index in [0.717, 1.165) is 0 Å². The van der Waals surface area contributed by atoms with Crippen molar-refractivity contribution in [2.24, 2.45) is 0 Å². The highest BCUT2D eigenvalue weighted by Crippen LogP contribution is 2.41. The van der Waals surface area contributed by atoms with E-state index in [1.165, 1.54) is 12.1 Å². The van der Waals surface area contributed by atoms with E-state index in [4.69, 9.17) is 5.73 Å². The van der Waals surface area contributed by atoms with Gasteiger partial charge in [-0.3, -0.25) is 0 Å². The third-order valence-electron chi connectivity index (χ3n) is 1.40. The molecule has 0 saturated carbocycles. The van der Waals surface area contributed by atoms with Crippen LogP contribution >= 0.6 is 31.9 Å². The Bertz CT molecular complexity index is 335. The lowest BCUT2D eigenvalue weighted by molar-refractivity contribution is -0.138. The Morgan fingerprint density at radius 2 is 1.69 bits per heavy atom. The molecule has 0 aliphatic carbocycles. The first-order chi connectivity index (χ1) is 5.84. The van der Waals surface area contributed by atoms with Crippen LogP contribution in [-0.2, 0) is 6.18 Å². The predicted octanol–water partition coefficient (Wildman–Crippen LogP) is 3.81. The van der Waals surface area contributed by atoms with Crippen molar-refractivity contribution in [2.45, 2.75) is 6.18 Å². The Hall–Kier alpha value is -0.230. The molecule has 0 fully saturated rings. The van der Waals surface area contributed by atoms with Crippen molar-refractivity contribution in [1.82, 2.24) is 0 Å². The maximum atomic E-state index is 12.4. The van der Waals surface area contributed by atoms with Crippen LogP contribution in [0.15, 0.2) is 21.1 Å². The van der Waals surface area contributed by atoms with Gasteiger partial charge in [0, 0.05) is 10.2 Å². The van der Waals surface area contributed by atoms with Gasteiger partial charge in [0.15, 0.2) is 0 Å². The van der Waals surface area contributed by atoms with Gasteiger partial charge in [-0.05, 0) is 28.1 Å². The Labute approximate surface area is 89.4 Å². The summed E-state index contributed by atoms with van der Waals surface area (Å²) in [5.74, 6) is 0. The SMILES string of the molecule is Nc1ccc(Br)c(C(F)(F)F)c1Br. The van der Waals surface area contributed by atoms with E-state index in [1.807, 2.05) is 0 Å². The molecular weight excluding hydrogens is 315 g/mol. The summed E-state index contributed by atoms with van der Waals surface area (Å²) in [7, 11) is 0. The molecule has 1 rings (SSSR count). The fraction of sp³-hybridized carbons (Fsp3) is 0.143. The van der Waals surface area contributed by atoms with Crippen molar-refractivity contribution in [3.05, 3.63) is 26.6 Å². The topological polar surface area (TPSA) is 26.0 Å². The predicted molar refractivity (Wildman–Crippen MR) is 51.3 cm³/mol. The van der Waals surface area contributed by atoms with Gasteiger partial charge in [-0.15, -0.1) is 0 Å². The average Bonchev–Trinajstić information content (AvgIpc) is 1.95. The largest absolute Gasteiger partial charge is 0.418 e. The summed E-state index contributed by atoms with van der Waals surface area (Å²) in [5, 5.41) is 0. The maximum Gasteiger partial charge on any atom is 0.418 e. The molecule has 0 saturated heterocycles. The first-order valence-electron chi connectivity index (χ1n) is 3.14. The molecule has 0 amide bonds. The summed E-state index contributed by atoms with van der Waals surface area (Å²) < 4.78 is 37.0. The van der Waals surface area contributed by atoms with E-state index in [0.29, 0.717) is 0 Å². The lowest BCUT2D eigenvalue weighted by atomic mass is 10.2. The zero-order valence-electron chi connectivity index (χ0n) is 6.12. The van der Waals surface area contributed by atoms with Gasteiger partial charge in [0.2, 0.25) is 0 Å². The number of hydrogen-bond acceptors (Lipinski definition) is 1. The van der Waals surface area contributed by atoms with Crippen LogP contribution in [0.1, 0.15) is 5.56 Å². The number of nitrogens with two attached hydrogens (primary N) is 1. The number of alkyl halides is 3. The van der Waals surface area contributed by atoms with Crippen molar-refractivity contribution in [2.75, 3.05) is 5.73 Å². The summed E-state index contributed by atoms with van der Waals surface area (Å²) in [6.07, 6.45) is -4.41. The fourth-order valence-corrected chi connectivity index (χ4v) is 2.22. The van der Waals surface area contributed by atoms with Crippen molar-refractivity contribution >= 4 is 37.5 Å². The van der Waals surface area contributed by atoms with E-state index < -0.39 is 11.7 Å². The Morgan fingerprint density at radius 1 is 1.15 bits per heavy atom. The van der Waals surface area contributed by atoms with Crippen molar-refractivity contribution < 1.29 is 13.2 Å². The zero-order valence-corrected chi connectivity index (χ0v) is 9.29. The second kappa shape index (κ2) is 3.49. The lowest BCUT2D eigenvalue weighted by Gasteiger charge is -2.12. The van der Waals surface area contributed by atoms with Crippen LogP contribution in [0.25, 0.3) is 0 Å². The number of anilines is 1. The standard InChI is InChI=1S/C7H4Br2F3N/c8-3-1-2-4(13)6(9)5(3)7(10,11)12/h1-2H,13H2. The lowest BCUT2D eigenvalue weighted by Crippen LogP contribution is -2.08. The van der Waals surface area contributed by atoms with Crippen molar-refractivity contribution in [3.8, 4) is 0 Å². The molecule has 0 aliphatic heterocycles. The van der Waals surface area contributed by atoms with Gasteiger partial charge in [0.1, 0.15) is 0 Å². The van der Waals surface area contributed by atoms with E-state index >= 15 is 0 Å². The molecule has 72 valence electrons. The molecule has 1 aromatic rings. The normalized spacial score (nSPS) is 11.8. The number of halogens is 5. The number of nitrogen functional groups attached to an aromatic ring is 1. The van der Waals surface area contributed by atoms with Gasteiger partial charge in [0.25, 0.3) is 0 Å². The summed E-state index contributed by atoms with van der Waals surface area (Å²) >= 11 is 5.60. The number of benzene rings is 1. The molecule has 0 bridgehead atoms. The smallest absolute Gasteiger partial charge is 0.398 e. The average molecular weight is 319 g/mol. The minimum Gasteiger partial charge on any atom is -0.398 e. The van der Waals surface area contributed by atoms with Crippen LogP contribution < -0.4 is 5.73 Å². The van der Waals surface area contributed by atoms with E-state index in [2.05, 4.69) is 31.9 Å². The van der Waals surface area contributed by atoms with Gasteiger partial charge < -0.3 is 5.73 Å². The molecule has 1 nitrogen and oxygen atoms in total. The van der Waals surface area contributed by atoms with Gasteiger partial charge in [0.05, 0.1) is 10.0 Å². The molecule has 0 aromatic heterocycles. The van der Waals surface area contributed by atoms with Crippen LogP contribution in [-0.4, -0.2) is 0 Å². The molecule has 0 unspecified atom stereocenters. The number of rotatable bonds is 0. The number of hydrogen-bond donors (Lipinski definition) is 1. The van der Waals surface area contributed by atoms with Crippen LogP contribution in [0.4, 0.5) is 18.9 Å².